The van der Waals surface area contributed by atoms with Gasteiger partial charge in [-0.25, -0.2) is 0 Å². The highest BCUT2D eigenvalue weighted by Crippen LogP contribution is 2.24. The fraction of sp³-hybridized carbons (Fsp3) is 0.174. The lowest BCUT2D eigenvalue weighted by atomic mass is 10.1. The molecule has 2 heterocycles. The third kappa shape index (κ3) is 4.80. The van der Waals surface area contributed by atoms with Crippen molar-refractivity contribution >= 4 is 11.8 Å². The van der Waals surface area contributed by atoms with E-state index in [4.69, 9.17) is 9.15 Å². The molecule has 0 saturated carbocycles. The van der Waals surface area contributed by atoms with Gasteiger partial charge in [0.25, 0.3) is 0 Å². The molecule has 0 aliphatic carbocycles. The minimum atomic E-state index is -0.199. The Balaban J connectivity index is 1.58. The smallest absolute Gasteiger partial charge is 0.227 e. The highest BCUT2D eigenvalue weighted by molar-refractivity contribution is 7.98. The molecule has 0 aliphatic rings. The standard InChI is InChI=1S/C23H21N3O3S/c1-28-21-15-29-19(13-20(21)27)16-30-23-25-24-22(12-17-8-4-2-5-9-17)26(23)14-18-10-6-3-7-11-18/h2-11,13,15H,12,14,16H2,1H3. The SMILES string of the molecule is COc1coc(CSc2nnc(Cc3ccccc3)n2Cc2ccccc2)cc1=O. The van der Waals surface area contributed by atoms with Crippen LogP contribution in [-0.2, 0) is 18.7 Å². The van der Waals surface area contributed by atoms with Crippen molar-refractivity contribution in [1.29, 1.82) is 0 Å². The number of benzene rings is 2. The molecule has 0 bridgehead atoms. The molecule has 0 aliphatic heterocycles. The van der Waals surface area contributed by atoms with Crippen molar-refractivity contribution in [3.8, 4) is 5.75 Å². The number of rotatable bonds is 8. The quantitative estimate of drug-likeness (QED) is 0.399. The van der Waals surface area contributed by atoms with E-state index in [0.717, 1.165) is 11.0 Å². The topological polar surface area (TPSA) is 70.2 Å². The molecule has 0 fully saturated rings. The van der Waals surface area contributed by atoms with Gasteiger partial charge in [0.15, 0.2) is 5.16 Å². The van der Waals surface area contributed by atoms with Crippen molar-refractivity contribution in [2.24, 2.45) is 0 Å². The molecule has 7 heteroatoms. The Kier molecular flexibility index (Phi) is 6.29. The first-order valence-corrected chi connectivity index (χ1v) is 10.5. The van der Waals surface area contributed by atoms with Crippen molar-refractivity contribution in [2.45, 2.75) is 23.9 Å². The minimum Gasteiger partial charge on any atom is -0.490 e. The lowest BCUT2D eigenvalue weighted by Crippen LogP contribution is -2.08. The third-order valence-corrected chi connectivity index (χ3v) is 5.59. The zero-order chi connectivity index (χ0) is 20.8. The average molecular weight is 420 g/mol. The zero-order valence-corrected chi connectivity index (χ0v) is 17.3. The normalized spacial score (nSPS) is 10.8. The van der Waals surface area contributed by atoms with Crippen LogP contribution in [0.2, 0.25) is 0 Å². The minimum absolute atomic E-state index is 0.196. The second-order valence-corrected chi connectivity index (χ2v) is 7.64. The van der Waals surface area contributed by atoms with Gasteiger partial charge in [-0.3, -0.25) is 4.79 Å². The second kappa shape index (κ2) is 9.45. The molecule has 0 atom stereocenters. The Hall–Kier alpha value is -3.32. The summed E-state index contributed by atoms with van der Waals surface area (Å²) in [5.41, 5.74) is 2.15. The van der Waals surface area contributed by atoms with Gasteiger partial charge in [-0.15, -0.1) is 10.2 Å². The summed E-state index contributed by atoms with van der Waals surface area (Å²) in [7, 11) is 1.45. The van der Waals surface area contributed by atoms with Crippen LogP contribution in [0.4, 0.5) is 0 Å². The van der Waals surface area contributed by atoms with E-state index < -0.39 is 0 Å². The number of methoxy groups -OCH3 is 1. The summed E-state index contributed by atoms with van der Waals surface area (Å²) >= 11 is 1.49. The lowest BCUT2D eigenvalue weighted by Gasteiger charge is -2.10. The van der Waals surface area contributed by atoms with E-state index >= 15 is 0 Å². The van der Waals surface area contributed by atoms with Crippen LogP contribution in [0.1, 0.15) is 22.7 Å². The molecule has 0 amide bonds. The van der Waals surface area contributed by atoms with Gasteiger partial charge in [0, 0.05) is 12.5 Å². The highest BCUT2D eigenvalue weighted by Gasteiger charge is 2.15. The van der Waals surface area contributed by atoms with Gasteiger partial charge >= 0.3 is 0 Å². The summed E-state index contributed by atoms with van der Waals surface area (Å²) in [6.45, 7) is 0.672. The summed E-state index contributed by atoms with van der Waals surface area (Å²) in [5, 5.41) is 9.64. The third-order valence-electron chi connectivity index (χ3n) is 4.60. The maximum atomic E-state index is 12.0. The molecule has 0 spiro atoms. The van der Waals surface area contributed by atoms with Crippen molar-refractivity contribution in [1.82, 2.24) is 14.8 Å². The Labute approximate surface area is 178 Å². The number of nitrogens with zero attached hydrogens (tertiary/aromatic N) is 3. The lowest BCUT2D eigenvalue weighted by molar-refractivity contribution is 0.381. The molecule has 2 aromatic heterocycles. The van der Waals surface area contributed by atoms with Crippen LogP contribution < -0.4 is 10.2 Å². The van der Waals surface area contributed by atoms with E-state index in [0.29, 0.717) is 24.5 Å². The molecular formula is C23H21N3O3S. The molecule has 6 nitrogen and oxygen atoms in total. The maximum absolute atomic E-state index is 12.0. The summed E-state index contributed by atoms with van der Waals surface area (Å²) < 4.78 is 12.6. The summed E-state index contributed by atoms with van der Waals surface area (Å²) in [5.74, 6) is 2.12. The van der Waals surface area contributed by atoms with E-state index in [1.807, 2.05) is 36.4 Å². The summed E-state index contributed by atoms with van der Waals surface area (Å²) in [4.78, 5) is 12.0. The molecule has 0 radical (unpaired) electrons. The van der Waals surface area contributed by atoms with Gasteiger partial charge in [-0.2, -0.15) is 0 Å². The number of hydrogen-bond acceptors (Lipinski definition) is 6. The number of thioether (sulfide) groups is 1. The first kappa shape index (κ1) is 20.0. The average Bonchev–Trinajstić information content (AvgIpc) is 3.15. The molecule has 2 aromatic carbocycles. The Morgan fingerprint density at radius 1 is 1.00 bits per heavy atom. The van der Waals surface area contributed by atoms with Crippen molar-refractivity contribution in [2.75, 3.05) is 7.11 Å². The second-order valence-electron chi connectivity index (χ2n) is 6.70. The van der Waals surface area contributed by atoms with Crippen LogP contribution in [0.3, 0.4) is 0 Å². The van der Waals surface area contributed by atoms with Gasteiger partial charge < -0.3 is 13.7 Å². The van der Waals surface area contributed by atoms with Crippen LogP contribution >= 0.6 is 11.8 Å². The predicted octanol–water partition coefficient (Wildman–Crippen LogP) is 4.17. The van der Waals surface area contributed by atoms with Gasteiger partial charge in [-0.05, 0) is 11.1 Å². The van der Waals surface area contributed by atoms with Crippen molar-refractivity contribution < 1.29 is 9.15 Å². The van der Waals surface area contributed by atoms with E-state index in [2.05, 4.69) is 39.0 Å². The molecule has 4 aromatic rings. The molecule has 4 rings (SSSR count). The highest BCUT2D eigenvalue weighted by atomic mass is 32.2. The van der Waals surface area contributed by atoms with Crippen LogP contribution in [0.15, 0.2) is 87.4 Å². The fourth-order valence-corrected chi connectivity index (χ4v) is 3.91. The largest absolute Gasteiger partial charge is 0.490 e. The fourth-order valence-electron chi connectivity index (χ4n) is 3.06. The van der Waals surface area contributed by atoms with E-state index in [-0.39, 0.29) is 11.2 Å². The Morgan fingerprint density at radius 3 is 2.37 bits per heavy atom. The van der Waals surface area contributed by atoms with Gasteiger partial charge in [-0.1, -0.05) is 72.4 Å². The van der Waals surface area contributed by atoms with Gasteiger partial charge in [0.05, 0.1) is 19.4 Å². The van der Waals surface area contributed by atoms with Crippen LogP contribution in [-0.4, -0.2) is 21.9 Å². The monoisotopic (exact) mass is 419 g/mol. The molecule has 152 valence electrons. The maximum Gasteiger partial charge on any atom is 0.227 e. The number of ether oxygens (including phenoxy) is 1. The van der Waals surface area contributed by atoms with Crippen molar-refractivity contribution in [3.05, 3.63) is 106 Å². The Bertz CT molecular complexity index is 1160. The van der Waals surface area contributed by atoms with Gasteiger partial charge in [0.1, 0.15) is 17.8 Å². The molecule has 0 saturated heterocycles. The van der Waals surface area contributed by atoms with Crippen LogP contribution in [0.25, 0.3) is 0 Å². The van der Waals surface area contributed by atoms with E-state index in [9.17, 15) is 4.79 Å². The summed E-state index contributed by atoms with van der Waals surface area (Å²) in [6.07, 6.45) is 2.03. The molecule has 30 heavy (non-hydrogen) atoms. The zero-order valence-electron chi connectivity index (χ0n) is 16.5. The van der Waals surface area contributed by atoms with E-state index in [1.54, 1.807) is 0 Å². The number of hydrogen-bond donors (Lipinski definition) is 0. The summed E-state index contributed by atoms with van der Waals surface area (Å²) in [6, 6.07) is 21.9. The molecule has 0 unspecified atom stereocenters. The predicted molar refractivity (Wildman–Crippen MR) is 116 cm³/mol. The van der Waals surface area contributed by atoms with Crippen molar-refractivity contribution in [3.63, 3.8) is 0 Å². The first-order chi connectivity index (χ1) is 14.7. The number of aromatic nitrogens is 3. The van der Waals surface area contributed by atoms with Gasteiger partial charge in [0.2, 0.25) is 11.2 Å². The first-order valence-electron chi connectivity index (χ1n) is 9.51. The van der Waals surface area contributed by atoms with E-state index in [1.165, 1.54) is 42.3 Å². The molecular weight excluding hydrogens is 398 g/mol. The van der Waals surface area contributed by atoms with Crippen LogP contribution in [0.5, 0.6) is 5.75 Å². The Morgan fingerprint density at radius 2 is 1.70 bits per heavy atom. The molecule has 0 N–H and O–H groups in total. The van der Waals surface area contributed by atoms with Crippen LogP contribution in [0, 0.1) is 0 Å².